The van der Waals surface area contributed by atoms with Crippen molar-refractivity contribution in [2.45, 2.75) is 6.42 Å². The van der Waals surface area contributed by atoms with Crippen LogP contribution in [0.5, 0.6) is 0 Å². The number of halogens is 1. The second kappa shape index (κ2) is 3.26. The van der Waals surface area contributed by atoms with Gasteiger partial charge in [-0.15, -0.1) is 0 Å². The predicted molar refractivity (Wildman–Crippen MR) is 47.3 cm³/mol. The number of rotatable bonds is 0. The third-order valence-corrected chi connectivity index (χ3v) is 2.22. The SMILES string of the molecule is O=C1CNCCc2cc(F)ccc21. The second-order valence-corrected chi connectivity index (χ2v) is 3.15. The second-order valence-electron chi connectivity index (χ2n) is 3.15. The van der Waals surface area contributed by atoms with Crippen LogP contribution >= 0.6 is 0 Å². The molecule has 1 aliphatic heterocycles. The van der Waals surface area contributed by atoms with Crippen LogP contribution in [0.15, 0.2) is 18.2 Å². The highest BCUT2D eigenvalue weighted by Crippen LogP contribution is 2.14. The topological polar surface area (TPSA) is 29.1 Å². The van der Waals surface area contributed by atoms with Gasteiger partial charge in [0.2, 0.25) is 0 Å². The molecule has 0 atom stereocenters. The van der Waals surface area contributed by atoms with E-state index < -0.39 is 0 Å². The van der Waals surface area contributed by atoms with Crippen molar-refractivity contribution in [1.29, 1.82) is 0 Å². The van der Waals surface area contributed by atoms with Gasteiger partial charge < -0.3 is 5.32 Å². The summed E-state index contributed by atoms with van der Waals surface area (Å²) < 4.78 is 12.8. The first-order valence-corrected chi connectivity index (χ1v) is 4.30. The van der Waals surface area contributed by atoms with E-state index in [1.54, 1.807) is 6.07 Å². The van der Waals surface area contributed by atoms with E-state index in [1.165, 1.54) is 12.1 Å². The molecule has 3 heteroatoms. The lowest BCUT2D eigenvalue weighted by molar-refractivity contribution is 0.0994. The Kier molecular flexibility index (Phi) is 2.10. The number of carbonyl (C=O) groups is 1. The van der Waals surface area contributed by atoms with Gasteiger partial charge in [0.1, 0.15) is 5.82 Å². The maximum atomic E-state index is 12.8. The number of ketones is 1. The summed E-state index contributed by atoms with van der Waals surface area (Å²) in [4.78, 5) is 11.4. The molecule has 1 aromatic carbocycles. The molecule has 0 aliphatic carbocycles. The Labute approximate surface area is 75.8 Å². The summed E-state index contributed by atoms with van der Waals surface area (Å²) in [6.07, 6.45) is 0.721. The smallest absolute Gasteiger partial charge is 0.176 e. The minimum atomic E-state index is -0.270. The molecule has 0 unspecified atom stereocenters. The first-order chi connectivity index (χ1) is 6.27. The van der Waals surface area contributed by atoms with Crippen LogP contribution in [-0.2, 0) is 6.42 Å². The minimum absolute atomic E-state index is 0.0486. The number of benzene rings is 1. The number of carbonyl (C=O) groups excluding carboxylic acids is 1. The van der Waals surface area contributed by atoms with Gasteiger partial charge in [0, 0.05) is 5.56 Å². The standard InChI is InChI=1S/C10H10FNO/c11-8-1-2-9-7(5-8)3-4-12-6-10(9)13/h1-2,5,12H,3-4,6H2. The zero-order chi connectivity index (χ0) is 9.26. The third-order valence-electron chi connectivity index (χ3n) is 2.22. The third kappa shape index (κ3) is 1.60. The molecular weight excluding hydrogens is 169 g/mol. The van der Waals surface area contributed by atoms with Crippen LogP contribution in [-0.4, -0.2) is 18.9 Å². The van der Waals surface area contributed by atoms with E-state index >= 15 is 0 Å². The highest BCUT2D eigenvalue weighted by Gasteiger charge is 2.14. The molecular formula is C10H10FNO. The Morgan fingerprint density at radius 1 is 1.38 bits per heavy atom. The molecule has 0 amide bonds. The summed E-state index contributed by atoms with van der Waals surface area (Å²) in [6.45, 7) is 1.10. The van der Waals surface area contributed by atoms with E-state index in [-0.39, 0.29) is 11.6 Å². The van der Waals surface area contributed by atoms with Crippen LogP contribution in [0.1, 0.15) is 15.9 Å². The van der Waals surface area contributed by atoms with Crippen LogP contribution in [0.25, 0.3) is 0 Å². The van der Waals surface area contributed by atoms with Gasteiger partial charge in [0.25, 0.3) is 0 Å². The summed E-state index contributed by atoms with van der Waals surface area (Å²) in [7, 11) is 0. The van der Waals surface area contributed by atoms with E-state index in [1.807, 2.05) is 0 Å². The highest BCUT2D eigenvalue weighted by atomic mass is 19.1. The Balaban J connectivity index is 2.48. The lowest BCUT2D eigenvalue weighted by atomic mass is 10.0. The van der Waals surface area contributed by atoms with Crippen LogP contribution < -0.4 is 5.32 Å². The molecule has 2 rings (SSSR count). The Morgan fingerprint density at radius 3 is 3.08 bits per heavy atom. The molecule has 0 aromatic heterocycles. The van der Waals surface area contributed by atoms with Crippen molar-refractivity contribution in [3.05, 3.63) is 35.1 Å². The first-order valence-electron chi connectivity index (χ1n) is 4.30. The van der Waals surface area contributed by atoms with E-state index in [4.69, 9.17) is 0 Å². The van der Waals surface area contributed by atoms with E-state index in [9.17, 15) is 9.18 Å². The molecule has 0 saturated carbocycles. The molecule has 0 bridgehead atoms. The number of hydrogen-bond donors (Lipinski definition) is 1. The normalized spacial score (nSPS) is 16.5. The number of Topliss-reactive ketones (excluding diaryl/α,β-unsaturated/α-hetero) is 1. The van der Waals surface area contributed by atoms with Gasteiger partial charge in [-0.1, -0.05) is 0 Å². The number of fused-ring (bicyclic) bond motifs is 1. The van der Waals surface area contributed by atoms with Crippen LogP contribution in [0.3, 0.4) is 0 Å². The van der Waals surface area contributed by atoms with E-state index in [0.717, 1.165) is 18.5 Å². The lowest BCUT2D eigenvalue weighted by Gasteiger charge is -2.02. The van der Waals surface area contributed by atoms with Gasteiger partial charge >= 0.3 is 0 Å². The van der Waals surface area contributed by atoms with Crippen molar-refractivity contribution in [2.75, 3.05) is 13.1 Å². The molecule has 0 spiro atoms. The van der Waals surface area contributed by atoms with Crippen LogP contribution in [0.2, 0.25) is 0 Å². The number of nitrogens with one attached hydrogen (secondary N) is 1. The zero-order valence-corrected chi connectivity index (χ0v) is 7.14. The largest absolute Gasteiger partial charge is 0.309 e. The lowest BCUT2D eigenvalue weighted by Crippen LogP contribution is -2.21. The maximum Gasteiger partial charge on any atom is 0.176 e. The molecule has 68 valence electrons. The van der Waals surface area contributed by atoms with Gasteiger partial charge in [0.05, 0.1) is 6.54 Å². The summed E-state index contributed by atoms with van der Waals surface area (Å²) in [5, 5.41) is 2.99. The van der Waals surface area contributed by atoms with Gasteiger partial charge in [0.15, 0.2) is 5.78 Å². The fraction of sp³-hybridized carbons (Fsp3) is 0.300. The summed E-state index contributed by atoms with van der Waals surface area (Å²) >= 11 is 0. The molecule has 2 nitrogen and oxygen atoms in total. The Bertz CT molecular complexity index is 349. The van der Waals surface area contributed by atoms with Crippen LogP contribution in [0.4, 0.5) is 4.39 Å². The Morgan fingerprint density at radius 2 is 2.23 bits per heavy atom. The van der Waals surface area contributed by atoms with Crippen molar-refractivity contribution < 1.29 is 9.18 Å². The van der Waals surface area contributed by atoms with Crippen molar-refractivity contribution >= 4 is 5.78 Å². The summed E-state index contributed by atoms with van der Waals surface area (Å²) in [5.74, 6) is -0.221. The van der Waals surface area contributed by atoms with Crippen molar-refractivity contribution in [1.82, 2.24) is 5.32 Å². The average molecular weight is 179 g/mol. The molecule has 1 N–H and O–H groups in total. The molecule has 1 aliphatic rings. The highest BCUT2D eigenvalue weighted by molar-refractivity contribution is 5.99. The molecule has 1 heterocycles. The van der Waals surface area contributed by atoms with E-state index in [0.29, 0.717) is 12.1 Å². The molecule has 0 radical (unpaired) electrons. The van der Waals surface area contributed by atoms with Gasteiger partial charge in [-0.3, -0.25) is 4.79 Å². The average Bonchev–Trinajstić information content (AvgIpc) is 2.28. The molecule has 0 saturated heterocycles. The first kappa shape index (κ1) is 8.38. The summed E-state index contributed by atoms with van der Waals surface area (Å²) in [5.41, 5.74) is 1.47. The van der Waals surface area contributed by atoms with Crippen LogP contribution in [0, 0.1) is 5.82 Å². The van der Waals surface area contributed by atoms with Crippen molar-refractivity contribution in [3.63, 3.8) is 0 Å². The monoisotopic (exact) mass is 179 g/mol. The van der Waals surface area contributed by atoms with Crippen molar-refractivity contribution in [3.8, 4) is 0 Å². The minimum Gasteiger partial charge on any atom is -0.309 e. The van der Waals surface area contributed by atoms with Gasteiger partial charge in [-0.25, -0.2) is 4.39 Å². The predicted octanol–water partition coefficient (Wildman–Crippen LogP) is 1.15. The molecule has 13 heavy (non-hydrogen) atoms. The van der Waals surface area contributed by atoms with E-state index in [2.05, 4.69) is 5.32 Å². The maximum absolute atomic E-state index is 12.8. The van der Waals surface area contributed by atoms with Crippen molar-refractivity contribution in [2.24, 2.45) is 0 Å². The fourth-order valence-corrected chi connectivity index (χ4v) is 1.56. The molecule has 1 aromatic rings. The quantitative estimate of drug-likeness (QED) is 0.647. The zero-order valence-electron chi connectivity index (χ0n) is 7.14. The van der Waals surface area contributed by atoms with Gasteiger partial charge in [-0.05, 0) is 36.7 Å². The number of hydrogen-bond acceptors (Lipinski definition) is 2. The fourth-order valence-electron chi connectivity index (χ4n) is 1.56. The summed E-state index contributed by atoms with van der Waals surface area (Å²) in [6, 6.07) is 4.35. The van der Waals surface area contributed by atoms with Gasteiger partial charge in [-0.2, -0.15) is 0 Å². The molecule has 0 fully saturated rings. The Hall–Kier alpha value is -1.22.